The third-order valence-electron chi connectivity index (χ3n) is 2.21. The Balaban J connectivity index is 2.40. The molecule has 0 N–H and O–H groups in total. The van der Waals surface area contributed by atoms with E-state index in [0.29, 0.717) is 5.76 Å². The van der Waals surface area contributed by atoms with Crippen LogP contribution in [0.2, 0.25) is 5.02 Å². The normalized spacial score (nSPS) is 10.6. The van der Waals surface area contributed by atoms with Gasteiger partial charge in [0.15, 0.2) is 0 Å². The van der Waals surface area contributed by atoms with E-state index < -0.39 is 5.82 Å². The number of halogens is 2. The summed E-state index contributed by atoms with van der Waals surface area (Å²) < 4.78 is 18.5. The molecule has 3 heteroatoms. The Hall–Kier alpha value is -1.28. The Kier molecular flexibility index (Phi) is 2.78. The van der Waals surface area contributed by atoms with Gasteiger partial charge in [-0.2, -0.15) is 0 Å². The zero-order chi connectivity index (χ0) is 10.8. The van der Waals surface area contributed by atoms with Crippen molar-refractivity contribution >= 4 is 11.6 Å². The van der Waals surface area contributed by atoms with Crippen LogP contribution in [-0.4, -0.2) is 0 Å². The SMILES string of the molecule is CCc1ccc(-c2ccc(F)c(Cl)c2)o1. The van der Waals surface area contributed by atoms with Gasteiger partial charge in [-0.3, -0.25) is 0 Å². The second-order valence-electron chi connectivity index (χ2n) is 3.25. The van der Waals surface area contributed by atoms with Crippen LogP contribution < -0.4 is 0 Å². The molecule has 1 nitrogen and oxygen atoms in total. The first-order valence-electron chi connectivity index (χ1n) is 4.75. The van der Waals surface area contributed by atoms with Gasteiger partial charge in [-0.15, -0.1) is 0 Å². The first kappa shape index (κ1) is 10.2. The predicted molar refractivity (Wildman–Crippen MR) is 58.5 cm³/mol. The summed E-state index contributed by atoms with van der Waals surface area (Å²) >= 11 is 5.69. The monoisotopic (exact) mass is 224 g/mol. The topological polar surface area (TPSA) is 13.1 Å². The second-order valence-corrected chi connectivity index (χ2v) is 3.66. The molecule has 0 aliphatic carbocycles. The average Bonchev–Trinajstić information content (AvgIpc) is 2.70. The van der Waals surface area contributed by atoms with Gasteiger partial charge in [0.05, 0.1) is 5.02 Å². The lowest BCUT2D eigenvalue weighted by atomic mass is 10.2. The largest absolute Gasteiger partial charge is 0.461 e. The summed E-state index contributed by atoms with van der Waals surface area (Å²) in [7, 11) is 0. The van der Waals surface area contributed by atoms with Crippen LogP contribution in [0.5, 0.6) is 0 Å². The van der Waals surface area contributed by atoms with Crippen molar-refractivity contribution in [2.24, 2.45) is 0 Å². The maximum absolute atomic E-state index is 12.9. The van der Waals surface area contributed by atoms with Crippen LogP contribution in [0.25, 0.3) is 11.3 Å². The van der Waals surface area contributed by atoms with Crippen LogP contribution >= 0.6 is 11.6 Å². The van der Waals surface area contributed by atoms with Gasteiger partial charge in [-0.25, -0.2) is 4.39 Å². The van der Waals surface area contributed by atoms with E-state index in [-0.39, 0.29) is 5.02 Å². The summed E-state index contributed by atoms with van der Waals surface area (Å²) in [5.41, 5.74) is 0.793. The van der Waals surface area contributed by atoms with E-state index in [4.69, 9.17) is 16.0 Å². The lowest BCUT2D eigenvalue weighted by Crippen LogP contribution is -1.79. The van der Waals surface area contributed by atoms with E-state index in [0.717, 1.165) is 17.7 Å². The highest BCUT2D eigenvalue weighted by Gasteiger charge is 2.06. The van der Waals surface area contributed by atoms with Gasteiger partial charge in [0.1, 0.15) is 17.3 Å². The van der Waals surface area contributed by atoms with Crippen molar-refractivity contribution in [1.82, 2.24) is 0 Å². The zero-order valence-corrected chi connectivity index (χ0v) is 9.01. The third-order valence-corrected chi connectivity index (χ3v) is 2.50. The van der Waals surface area contributed by atoms with Crippen molar-refractivity contribution in [3.63, 3.8) is 0 Å². The van der Waals surface area contributed by atoms with Crippen LogP contribution in [0.3, 0.4) is 0 Å². The Morgan fingerprint density at radius 3 is 2.67 bits per heavy atom. The highest BCUT2D eigenvalue weighted by Crippen LogP contribution is 2.26. The van der Waals surface area contributed by atoms with E-state index in [2.05, 4.69) is 0 Å². The molecular formula is C12H10ClFO. The lowest BCUT2D eigenvalue weighted by Gasteiger charge is -1.98. The molecule has 0 aliphatic rings. The van der Waals surface area contributed by atoms with Crippen molar-refractivity contribution in [2.75, 3.05) is 0 Å². The molecule has 15 heavy (non-hydrogen) atoms. The predicted octanol–water partition coefficient (Wildman–Crippen LogP) is 4.30. The number of benzene rings is 1. The molecule has 78 valence electrons. The molecule has 1 heterocycles. The average molecular weight is 225 g/mol. The highest BCUT2D eigenvalue weighted by molar-refractivity contribution is 6.31. The van der Waals surface area contributed by atoms with Crippen molar-refractivity contribution < 1.29 is 8.81 Å². The summed E-state index contributed by atoms with van der Waals surface area (Å²) in [4.78, 5) is 0. The first-order chi connectivity index (χ1) is 7.20. The summed E-state index contributed by atoms with van der Waals surface area (Å²) in [5, 5.41) is 0.113. The standard InChI is InChI=1S/C12H10ClFO/c1-2-9-4-6-12(15-9)8-3-5-11(14)10(13)7-8/h3-7H,2H2,1H3. The molecule has 0 amide bonds. The summed E-state index contributed by atoms with van der Waals surface area (Å²) in [6.45, 7) is 2.01. The van der Waals surface area contributed by atoms with Crippen molar-refractivity contribution in [3.8, 4) is 11.3 Å². The molecule has 0 radical (unpaired) electrons. The van der Waals surface area contributed by atoms with Gasteiger partial charge >= 0.3 is 0 Å². The molecule has 0 bridgehead atoms. The Morgan fingerprint density at radius 1 is 1.27 bits per heavy atom. The molecule has 1 aromatic carbocycles. The lowest BCUT2D eigenvalue weighted by molar-refractivity contribution is 0.529. The molecule has 0 saturated carbocycles. The summed E-state index contributed by atoms with van der Waals surface area (Å²) in [6.07, 6.45) is 0.842. The van der Waals surface area contributed by atoms with E-state index in [1.54, 1.807) is 12.1 Å². The fourth-order valence-electron chi connectivity index (χ4n) is 1.37. The molecule has 1 aromatic heterocycles. The van der Waals surface area contributed by atoms with Gasteiger partial charge in [-0.05, 0) is 30.3 Å². The van der Waals surface area contributed by atoms with Crippen LogP contribution in [-0.2, 0) is 6.42 Å². The van der Waals surface area contributed by atoms with E-state index in [9.17, 15) is 4.39 Å². The number of hydrogen-bond donors (Lipinski definition) is 0. The zero-order valence-electron chi connectivity index (χ0n) is 8.26. The summed E-state index contributed by atoms with van der Waals surface area (Å²) in [6, 6.07) is 8.33. The molecule has 0 saturated heterocycles. The maximum Gasteiger partial charge on any atom is 0.141 e. The Labute approximate surface area is 92.5 Å². The van der Waals surface area contributed by atoms with Gasteiger partial charge in [0.2, 0.25) is 0 Å². The maximum atomic E-state index is 12.9. The highest BCUT2D eigenvalue weighted by atomic mass is 35.5. The minimum Gasteiger partial charge on any atom is -0.461 e. The van der Waals surface area contributed by atoms with Gasteiger partial charge in [0.25, 0.3) is 0 Å². The van der Waals surface area contributed by atoms with Crippen molar-refractivity contribution in [2.45, 2.75) is 13.3 Å². The molecule has 2 rings (SSSR count). The molecule has 0 spiro atoms. The second kappa shape index (κ2) is 4.07. The van der Waals surface area contributed by atoms with Gasteiger partial charge in [-0.1, -0.05) is 18.5 Å². The number of hydrogen-bond acceptors (Lipinski definition) is 1. The molecule has 0 fully saturated rings. The Bertz CT molecular complexity index is 476. The summed E-state index contributed by atoms with van der Waals surface area (Å²) in [5.74, 6) is 1.21. The Morgan fingerprint density at radius 2 is 2.07 bits per heavy atom. The van der Waals surface area contributed by atoms with E-state index in [1.807, 2.05) is 19.1 Å². The molecular weight excluding hydrogens is 215 g/mol. The minimum atomic E-state index is -0.414. The minimum absolute atomic E-state index is 0.113. The fourth-order valence-corrected chi connectivity index (χ4v) is 1.55. The van der Waals surface area contributed by atoms with Crippen molar-refractivity contribution in [1.29, 1.82) is 0 Å². The number of rotatable bonds is 2. The van der Waals surface area contributed by atoms with Crippen LogP contribution in [0, 0.1) is 5.82 Å². The van der Waals surface area contributed by atoms with Crippen LogP contribution in [0.15, 0.2) is 34.7 Å². The molecule has 0 aliphatic heterocycles. The van der Waals surface area contributed by atoms with Crippen LogP contribution in [0.1, 0.15) is 12.7 Å². The third kappa shape index (κ3) is 2.05. The van der Waals surface area contributed by atoms with E-state index in [1.165, 1.54) is 6.07 Å². The van der Waals surface area contributed by atoms with Crippen LogP contribution in [0.4, 0.5) is 4.39 Å². The molecule has 0 unspecified atom stereocenters. The quantitative estimate of drug-likeness (QED) is 0.741. The van der Waals surface area contributed by atoms with Gasteiger partial charge in [0, 0.05) is 12.0 Å². The smallest absolute Gasteiger partial charge is 0.141 e. The van der Waals surface area contributed by atoms with Gasteiger partial charge < -0.3 is 4.42 Å². The molecule has 2 aromatic rings. The molecule has 0 atom stereocenters. The number of furan rings is 1. The first-order valence-corrected chi connectivity index (χ1v) is 5.12. The van der Waals surface area contributed by atoms with Crippen molar-refractivity contribution in [3.05, 3.63) is 46.9 Å². The number of aryl methyl sites for hydroxylation is 1. The van der Waals surface area contributed by atoms with E-state index >= 15 is 0 Å². The fraction of sp³-hybridized carbons (Fsp3) is 0.167.